The van der Waals surface area contributed by atoms with E-state index in [-0.39, 0.29) is 0 Å². The highest BCUT2D eigenvalue weighted by Crippen LogP contribution is 2.45. The van der Waals surface area contributed by atoms with Gasteiger partial charge in [0.25, 0.3) is 0 Å². The number of anilines is 2. The zero-order valence-corrected chi connectivity index (χ0v) is 21.0. The maximum Gasteiger partial charge on any atom is 0.119 e. The van der Waals surface area contributed by atoms with Gasteiger partial charge in [-0.25, -0.2) is 0 Å². The second-order valence-electron chi connectivity index (χ2n) is 10.1. The van der Waals surface area contributed by atoms with E-state index in [9.17, 15) is 0 Å². The standard InChI is InChI=1S/C32H33N3O/c1-22(24-10-11-24)30-20-33-31-15-12-26(25-6-5-7-28(18-25)36-2)19-29(31)32(30)34-27-13-8-23(9-14-27)21-35-16-3-4-17-35/h5-9,12-15,18-20,24H,1,3-4,10-11,16-17,21H2,2H3,(H,33,34). The maximum absolute atomic E-state index is 5.46. The summed E-state index contributed by atoms with van der Waals surface area (Å²) in [6, 6.07) is 23.6. The topological polar surface area (TPSA) is 37.4 Å². The van der Waals surface area contributed by atoms with E-state index in [0.29, 0.717) is 5.92 Å². The molecule has 0 unspecified atom stereocenters. The molecule has 1 aliphatic carbocycles. The Bertz CT molecular complexity index is 1400. The average Bonchev–Trinajstić information content (AvgIpc) is 3.65. The molecule has 0 atom stereocenters. The number of nitrogens with zero attached hydrogens (tertiary/aromatic N) is 2. The first-order valence-electron chi connectivity index (χ1n) is 13.0. The summed E-state index contributed by atoms with van der Waals surface area (Å²) in [7, 11) is 1.71. The Hall–Kier alpha value is -3.63. The van der Waals surface area contributed by atoms with Crippen molar-refractivity contribution in [3.8, 4) is 16.9 Å². The number of likely N-dealkylation sites (tertiary alicyclic amines) is 1. The van der Waals surface area contributed by atoms with E-state index < -0.39 is 0 Å². The lowest BCUT2D eigenvalue weighted by Crippen LogP contribution is -2.18. The third-order valence-corrected chi connectivity index (χ3v) is 7.52. The van der Waals surface area contributed by atoms with E-state index in [0.717, 1.165) is 51.3 Å². The van der Waals surface area contributed by atoms with Crippen molar-refractivity contribution >= 4 is 27.9 Å². The van der Waals surface area contributed by atoms with Crippen molar-refractivity contribution in [3.63, 3.8) is 0 Å². The van der Waals surface area contributed by atoms with Gasteiger partial charge in [0.1, 0.15) is 5.75 Å². The van der Waals surface area contributed by atoms with Crippen molar-refractivity contribution in [3.05, 3.63) is 90.6 Å². The molecule has 1 aromatic heterocycles. The molecular formula is C32H33N3O. The highest BCUT2D eigenvalue weighted by Gasteiger charge is 2.27. The molecule has 0 radical (unpaired) electrons. The fourth-order valence-electron chi connectivity index (χ4n) is 5.24. The van der Waals surface area contributed by atoms with E-state index in [4.69, 9.17) is 9.72 Å². The first-order valence-corrected chi connectivity index (χ1v) is 13.0. The van der Waals surface area contributed by atoms with Crippen LogP contribution in [-0.2, 0) is 6.54 Å². The van der Waals surface area contributed by atoms with E-state index >= 15 is 0 Å². The van der Waals surface area contributed by atoms with Crippen LogP contribution in [0, 0.1) is 5.92 Å². The van der Waals surface area contributed by atoms with Gasteiger partial charge in [0, 0.05) is 29.4 Å². The Morgan fingerprint density at radius 3 is 2.53 bits per heavy atom. The van der Waals surface area contributed by atoms with Crippen molar-refractivity contribution in [2.75, 3.05) is 25.5 Å². The molecular weight excluding hydrogens is 442 g/mol. The van der Waals surface area contributed by atoms with Gasteiger partial charge >= 0.3 is 0 Å². The van der Waals surface area contributed by atoms with Crippen LogP contribution in [0.3, 0.4) is 0 Å². The largest absolute Gasteiger partial charge is 0.497 e. The van der Waals surface area contributed by atoms with Crippen LogP contribution in [0.2, 0.25) is 0 Å². The molecule has 0 amide bonds. The first-order chi connectivity index (χ1) is 17.7. The molecule has 1 saturated heterocycles. The second-order valence-corrected chi connectivity index (χ2v) is 10.1. The van der Waals surface area contributed by atoms with E-state index in [1.54, 1.807) is 7.11 Å². The van der Waals surface area contributed by atoms with Gasteiger partial charge in [-0.2, -0.15) is 0 Å². The number of benzene rings is 3. The number of methoxy groups -OCH3 is 1. The predicted octanol–water partition coefficient (Wildman–Crippen LogP) is 7.67. The molecule has 6 rings (SSSR count). The Kier molecular flexibility index (Phi) is 6.20. The number of ether oxygens (including phenoxy) is 1. The van der Waals surface area contributed by atoms with Crippen LogP contribution >= 0.6 is 0 Å². The number of hydrogen-bond acceptors (Lipinski definition) is 4. The summed E-state index contributed by atoms with van der Waals surface area (Å²) in [5, 5.41) is 4.87. The number of pyridine rings is 1. The molecule has 1 saturated carbocycles. The van der Waals surface area contributed by atoms with Gasteiger partial charge in [0.15, 0.2) is 0 Å². The zero-order valence-electron chi connectivity index (χ0n) is 21.0. The van der Waals surface area contributed by atoms with E-state index in [2.05, 4.69) is 71.4 Å². The monoisotopic (exact) mass is 475 g/mol. The number of fused-ring (bicyclic) bond motifs is 1. The van der Waals surface area contributed by atoms with Crippen LogP contribution in [-0.4, -0.2) is 30.1 Å². The highest BCUT2D eigenvalue weighted by atomic mass is 16.5. The molecule has 2 fully saturated rings. The summed E-state index contributed by atoms with van der Waals surface area (Å²) in [6.45, 7) is 7.93. The molecule has 2 heterocycles. The van der Waals surface area contributed by atoms with Crippen molar-refractivity contribution in [1.29, 1.82) is 0 Å². The number of nitrogens with one attached hydrogen (secondary N) is 1. The van der Waals surface area contributed by atoms with Crippen LogP contribution in [0.1, 0.15) is 36.8 Å². The Morgan fingerprint density at radius 2 is 1.78 bits per heavy atom. The fourth-order valence-corrected chi connectivity index (χ4v) is 5.24. The average molecular weight is 476 g/mol. The lowest BCUT2D eigenvalue weighted by Gasteiger charge is -2.18. The minimum Gasteiger partial charge on any atom is -0.497 e. The van der Waals surface area contributed by atoms with Crippen LogP contribution in [0.15, 0.2) is 79.5 Å². The van der Waals surface area contributed by atoms with Gasteiger partial charge < -0.3 is 10.1 Å². The summed E-state index contributed by atoms with van der Waals surface area (Å²) in [6.07, 6.45) is 7.06. The molecule has 4 aromatic rings. The summed E-state index contributed by atoms with van der Waals surface area (Å²) in [5.74, 6) is 1.42. The van der Waals surface area contributed by atoms with Crippen molar-refractivity contribution < 1.29 is 4.74 Å². The van der Waals surface area contributed by atoms with Gasteiger partial charge in [-0.1, -0.05) is 36.9 Å². The number of aromatic nitrogens is 1. The van der Waals surface area contributed by atoms with Crippen molar-refractivity contribution in [2.24, 2.45) is 5.92 Å². The number of hydrogen-bond donors (Lipinski definition) is 1. The van der Waals surface area contributed by atoms with Gasteiger partial charge in [-0.3, -0.25) is 9.88 Å². The molecule has 182 valence electrons. The minimum atomic E-state index is 0.564. The van der Waals surface area contributed by atoms with Crippen molar-refractivity contribution in [2.45, 2.75) is 32.2 Å². The van der Waals surface area contributed by atoms with Crippen LogP contribution in [0.5, 0.6) is 5.75 Å². The van der Waals surface area contributed by atoms with E-state index in [1.165, 1.54) is 49.9 Å². The second kappa shape index (κ2) is 9.79. The third kappa shape index (κ3) is 4.74. The summed E-state index contributed by atoms with van der Waals surface area (Å²) < 4.78 is 5.46. The highest BCUT2D eigenvalue weighted by molar-refractivity contribution is 6.01. The van der Waals surface area contributed by atoms with Gasteiger partial charge in [-0.15, -0.1) is 0 Å². The molecule has 3 aromatic carbocycles. The summed E-state index contributed by atoms with van der Waals surface area (Å²) in [5.41, 5.74) is 9.09. The molecule has 4 nitrogen and oxygen atoms in total. The molecule has 0 spiro atoms. The SMILES string of the molecule is C=C(c1cnc2ccc(-c3cccc(OC)c3)cc2c1Nc1ccc(CN2CCCC2)cc1)C1CC1. The molecule has 2 aliphatic rings. The third-order valence-electron chi connectivity index (χ3n) is 7.52. The Balaban J connectivity index is 1.38. The molecule has 1 aliphatic heterocycles. The number of rotatable bonds is 8. The number of allylic oxidation sites excluding steroid dienone is 1. The van der Waals surface area contributed by atoms with Crippen LogP contribution < -0.4 is 10.1 Å². The summed E-state index contributed by atoms with van der Waals surface area (Å²) in [4.78, 5) is 7.36. The first kappa shape index (κ1) is 22.8. The normalized spacial score (nSPS) is 15.8. The molecule has 4 heteroatoms. The Labute approximate surface area is 213 Å². The van der Waals surface area contributed by atoms with Crippen molar-refractivity contribution in [1.82, 2.24) is 9.88 Å². The summed E-state index contributed by atoms with van der Waals surface area (Å²) >= 11 is 0. The predicted molar refractivity (Wildman–Crippen MR) is 150 cm³/mol. The maximum atomic E-state index is 5.46. The zero-order chi connectivity index (χ0) is 24.5. The lowest BCUT2D eigenvalue weighted by molar-refractivity contribution is 0.331. The van der Waals surface area contributed by atoms with Crippen LogP contribution in [0.4, 0.5) is 11.4 Å². The van der Waals surface area contributed by atoms with E-state index in [1.807, 2.05) is 18.3 Å². The minimum absolute atomic E-state index is 0.564. The molecule has 36 heavy (non-hydrogen) atoms. The van der Waals surface area contributed by atoms with Gasteiger partial charge in [0.2, 0.25) is 0 Å². The van der Waals surface area contributed by atoms with Gasteiger partial charge in [-0.05, 0) is 103 Å². The lowest BCUT2D eigenvalue weighted by atomic mass is 9.97. The van der Waals surface area contributed by atoms with Gasteiger partial charge in [0.05, 0.1) is 18.3 Å². The molecule has 1 N–H and O–H groups in total. The smallest absolute Gasteiger partial charge is 0.119 e. The quantitative estimate of drug-likeness (QED) is 0.284. The van der Waals surface area contributed by atoms with Crippen LogP contribution in [0.25, 0.3) is 27.6 Å². The fraction of sp³-hybridized carbons (Fsp3) is 0.281. The Morgan fingerprint density at radius 1 is 1.00 bits per heavy atom. The molecule has 0 bridgehead atoms.